The van der Waals surface area contributed by atoms with Gasteiger partial charge in [-0.25, -0.2) is 14.5 Å². The minimum absolute atomic E-state index is 0.109. The molecule has 1 fully saturated rings. The van der Waals surface area contributed by atoms with Crippen LogP contribution in [0.1, 0.15) is 76.8 Å². The number of aliphatic carboxylic acids is 1. The molecule has 2 aromatic carbocycles. The summed E-state index contributed by atoms with van der Waals surface area (Å²) in [6.45, 7) is 6.79. The van der Waals surface area contributed by atoms with Crippen molar-refractivity contribution >= 4 is 18.0 Å². The Morgan fingerprint density at radius 1 is 1.06 bits per heavy atom. The molecule has 1 heterocycles. The first-order chi connectivity index (χ1) is 16.1. The summed E-state index contributed by atoms with van der Waals surface area (Å²) in [7, 11) is 0. The Morgan fingerprint density at radius 3 is 2.03 bits per heavy atom. The second kappa shape index (κ2) is 10.4. The van der Waals surface area contributed by atoms with Gasteiger partial charge in [0.1, 0.15) is 5.60 Å². The maximum Gasteiger partial charge on any atom is 0.418 e. The van der Waals surface area contributed by atoms with E-state index in [-0.39, 0.29) is 18.8 Å². The molecule has 6 nitrogen and oxygen atoms in total. The van der Waals surface area contributed by atoms with E-state index < -0.39 is 35.0 Å². The highest BCUT2D eigenvalue weighted by Gasteiger charge is 2.58. The van der Waals surface area contributed by atoms with Crippen molar-refractivity contribution in [2.45, 2.75) is 76.9 Å². The number of nitrogens with zero attached hydrogens (tertiary/aromatic N) is 1. The van der Waals surface area contributed by atoms with Crippen molar-refractivity contribution in [2.75, 3.05) is 0 Å². The fourth-order valence-electron chi connectivity index (χ4n) is 4.88. The molecule has 2 amide bonds. The second-order valence-electron chi connectivity index (χ2n) is 10.1. The number of carbonyl (C=O) groups excluding carboxylic acids is 2. The van der Waals surface area contributed by atoms with Crippen LogP contribution in [-0.4, -0.2) is 39.1 Å². The first-order valence-corrected chi connectivity index (χ1v) is 12.0. The summed E-state index contributed by atoms with van der Waals surface area (Å²) in [5.74, 6) is -1.97. The molecule has 1 N–H and O–H groups in total. The van der Waals surface area contributed by atoms with E-state index in [1.165, 1.54) is 11.1 Å². The monoisotopic (exact) mass is 465 g/mol. The van der Waals surface area contributed by atoms with Crippen LogP contribution in [0.25, 0.3) is 0 Å². The number of amides is 2. The quantitative estimate of drug-likeness (QED) is 0.516. The summed E-state index contributed by atoms with van der Waals surface area (Å²) in [6.07, 6.45) is 1.43. The zero-order valence-electron chi connectivity index (χ0n) is 20.5. The van der Waals surface area contributed by atoms with Crippen LogP contribution in [0.5, 0.6) is 0 Å². The molecule has 0 bridgehead atoms. The van der Waals surface area contributed by atoms with Gasteiger partial charge in [0.25, 0.3) is 0 Å². The van der Waals surface area contributed by atoms with Crippen LogP contribution in [0.15, 0.2) is 60.7 Å². The lowest BCUT2D eigenvalue weighted by atomic mass is 9.84. The Kier molecular flexibility index (Phi) is 7.80. The Balaban J connectivity index is 1.77. The van der Waals surface area contributed by atoms with E-state index >= 15 is 0 Å². The Hall–Kier alpha value is -3.15. The van der Waals surface area contributed by atoms with E-state index in [0.717, 1.165) is 17.7 Å². The number of ether oxygens (including phenoxy) is 1. The summed E-state index contributed by atoms with van der Waals surface area (Å²) in [4.78, 5) is 39.3. The van der Waals surface area contributed by atoms with Crippen LogP contribution in [0.2, 0.25) is 0 Å². The smallest absolute Gasteiger partial charge is 0.418 e. The summed E-state index contributed by atoms with van der Waals surface area (Å²) < 4.78 is 5.41. The van der Waals surface area contributed by atoms with Gasteiger partial charge in [0.15, 0.2) is 5.54 Å². The van der Waals surface area contributed by atoms with Gasteiger partial charge < -0.3 is 9.84 Å². The first-order valence-electron chi connectivity index (χ1n) is 12.0. The third-order valence-electron chi connectivity index (χ3n) is 6.59. The lowest BCUT2D eigenvalue weighted by molar-refractivity contribution is -0.153. The Morgan fingerprint density at radius 2 is 1.59 bits per heavy atom. The molecule has 182 valence electrons. The number of likely N-dealkylation sites (tertiary alicyclic amines) is 1. The molecule has 1 saturated heterocycles. The minimum atomic E-state index is -1.57. The maximum atomic E-state index is 13.3. The van der Waals surface area contributed by atoms with Gasteiger partial charge in [0, 0.05) is 11.8 Å². The number of rotatable bonds is 8. The number of hydrogen-bond donors (Lipinski definition) is 1. The van der Waals surface area contributed by atoms with Crippen LogP contribution in [0.4, 0.5) is 4.79 Å². The molecule has 0 radical (unpaired) electrons. The van der Waals surface area contributed by atoms with E-state index in [1.807, 2.05) is 36.4 Å². The van der Waals surface area contributed by atoms with Crippen LogP contribution in [-0.2, 0) is 14.3 Å². The number of imide groups is 1. The maximum absolute atomic E-state index is 13.3. The van der Waals surface area contributed by atoms with Gasteiger partial charge in [-0.05, 0) is 57.6 Å². The first kappa shape index (κ1) is 25.5. The van der Waals surface area contributed by atoms with Crippen LogP contribution < -0.4 is 0 Å². The Bertz CT molecular complexity index is 959. The van der Waals surface area contributed by atoms with Gasteiger partial charge in [-0.15, -0.1) is 0 Å². The lowest BCUT2D eigenvalue weighted by Gasteiger charge is -2.33. The summed E-state index contributed by atoms with van der Waals surface area (Å²) in [6, 6.07) is 20.5. The van der Waals surface area contributed by atoms with E-state index in [1.54, 1.807) is 27.7 Å². The molecule has 3 rings (SSSR count). The van der Waals surface area contributed by atoms with Gasteiger partial charge in [-0.1, -0.05) is 74.0 Å². The molecule has 1 aliphatic rings. The second-order valence-corrected chi connectivity index (χ2v) is 10.1. The molecular formula is C28H35NO5. The van der Waals surface area contributed by atoms with Crippen molar-refractivity contribution in [3.8, 4) is 0 Å². The number of carboxylic acid groups (broad SMARTS) is 1. The van der Waals surface area contributed by atoms with Gasteiger partial charge in [-0.2, -0.15) is 0 Å². The van der Waals surface area contributed by atoms with Crippen LogP contribution in [0.3, 0.4) is 0 Å². The SMILES string of the molecule is CC[C@@]1(C(=O)O)C[C@H](CCCC(c2ccccc2)c2ccccc2)C(=O)N1C(=O)OC(C)(C)C. The van der Waals surface area contributed by atoms with E-state index in [2.05, 4.69) is 24.3 Å². The average Bonchev–Trinajstić information content (AvgIpc) is 3.09. The highest BCUT2D eigenvalue weighted by atomic mass is 16.6. The summed E-state index contributed by atoms with van der Waals surface area (Å²) >= 11 is 0. The minimum Gasteiger partial charge on any atom is -0.479 e. The highest BCUT2D eigenvalue weighted by molar-refractivity contribution is 6.02. The largest absolute Gasteiger partial charge is 0.479 e. The topological polar surface area (TPSA) is 83.9 Å². The van der Waals surface area contributed by atoms with E-state index in [0.29, 0.717) is 6.42 Å². The number of carboxylic acids is 1. The molecule has 2 aromatic rings. The average molecular weight is 466 g/mol. The molecule has 6 heteroatoms. The number of benzene rings is 2. The van der Waals surface area contributed by atoms with Gasteiger partial charge >= 0.3 is 12.1 Å². The molecule has 0 saturated carbocycles. The standard InChI is InChI=1S/C28H35NO5/c1-5-28(25(31)32)19-22(24(30)29(28)26(33)34-27(2,3)4)17-12-18-23(20-13-8-6-9-14-20)21-15-10-7-11-16-21/h6-11,13-16,22-23H,5,12,17-19H2,1-4H3,(H,31,32)/t22-,28-/m0/s1. The van der Waals surface area contributed by atoms with Crippen molar-refractivity contribution in [3.05, 3.63) is 71.8 Å². The molecule has 0 spiro atoms. The van der Waals surface area contributed by atoms with E-state index in [9.17, 15) is 19.5 Å². The number of hydrogen-bond acceptors (Lipinski definition) is 4. The normalized spacial score (nSPS) is 20.6. The van der Waals surface area contributed by atoms with Crippen molar-refractivity contribution in [1.82, 2.24) is 4.90 Å². The van der Waals surface area contributed by atoms with Crippen molar-refractivity contribution < 1.29 is 24.2 Å². The van der Waals surface area contributed by atoms with Gasteiger partial charge in [-0.3, -0.25) is 4.79 Å². The van der Waals surface area contributed by atoms with Crippen LogP contribution in [0, 0.1) is 5.92 Å². The molecule has 2 atom stereocenters. The molecule has 34 heavy (non-hydrogen) atoms. The van der Waals surface area contributed by atoms with Crippen molar-refractivity contribution in [1.29, 1.82) is 0 Å². The van der Waals surface area contributed by atoms with Gasteiger partial charge in [0.2, 0.25) is 5.91 Å². The molecule has 0 aromatic heterocycles. The zero-order chi connectivity index (χ0) is 24.9. The molecule has 1 aliphatic heterocycles. The summed E-state index contributed by atoms with van der Waals surface area (Å²) in [5.41, 5.74) is 0.0134. The predicted octanol–water partition coefficient (Wildman–Crippen LogP) is 6.01. The summed E-state index contributed by atoms with van der Waals surface area (Å²) in [5, 5.41) is 10.0. The third-order valence-corrected chi connectivity index (χ3v) is 6.59. The van der Waals surface area contributed by atoms with Crippen molar-refractivity contribution in [2.24, 2.45) is 5.92 Å². The fourth-order valence-corrected chi connectivity index (χ4v) is 4.88. The number of carbonyl (C=O) groups is 3. The zero-order valence-corrected chi connectivity index (χ0v) is 20.5. The van der Waals surface area contributed by atoms with E-state index in [4.69, 9.17) is 4.74 Å². The van der Waals surface area contributed by atoms with Crippen molar-refractivity contribution in [3.63, 3.8) is 0 Å². The molecule has 0 aliphatic carbocycles. The third kappa shape index (κ3) is 5.49. The predicted molar refractivity (Wildman–Crippen MR) is 130 cm³/mol. The van der Waals surface area contributed by atoms with Crippen LogP contribution >= 0.6 is 0 Å². The highest BCUT2D eigenvalue weighted by Crippen LogP contribution is 2.41. The molecular weight excluding hydrogens is 430 g/mol. The fraction of sp³-hybridized carbons (Fsp3) is 0.464. The Labute approximate surface area is 201 Å². The molecule has 0 unspecified atom stereocenters. The lowest BCUT2D eigenvalue weighted by Crippen LogP contribution is -2.55. The van der Waals surface area contributed by atoms with Gasteiger partial charge in [0.05, 0.1) is 0 Å².